The number of aliphatic carboxylic acids is 1. The Labute approximate surface area is 235 Å². The highest BCUT2D eigenvalue weighted by atomic mass is 35.5. The van der Waals surface area contributed by atoms with E-state index in [0.29, 0.717) is 38.4 Å². The van der Waals surface area contributed by atoms with E-state index in [4.69, 9.17) is 30.9 Å². The SMILES string of the molecule is COc1cccc([C@H]2O[C@H](Cc3nc(CCC(=O)O)cs3)c3nnc(C(F)(F)F)n3-c3ccc(Cl)cc32)c1OC. The second-order valence-corrected chi connectivity index (χ2v) is 10.2. The third-order valence-electron chi connectivity index (χ3n) is 6.31. The van der Waals surface area contributed by atoms with Crippen LogP contribution in [0.1, 0.15) is 52.1 Å². The molecule has 4 aromatic rings. The lowest BCUT2D eigenvalue weighted by molar-refractivity contribution is -0.146. The first-order chi connectivity index (χ1) is 19.1. The van der Waals surface area contributed by atoms with E-state index in [1.54, 1.807) is 29.6 Å². The predicted octanol–water partition coefficient (Wildman–Crippen LogP) is 5.83. The van der Waals surface area contributed by atoms with E-state index < -0.39 is 30.2 Å². The fraction of sp³-hybridized carbons (Fsp3) is 0.308. The lowest BCUT2D eigenvalue weighted by Gasteiger charge is -2.24. The molecule has 3 heterocycles. The Morgan fingerprint density at radius 1 is 1.18 bits per heavy atom. The molecule has 0 unspecified atom stereocenters. The molecule has 0 saturated heterocycles. The summed E-state index contributed by atoms with van der Waals surface area (Å²) < 4.78 is 61.1. The zero-order valence-electron chi connectivity index (χ0n) is 21.1. The van der Waals surface area contributed by atoms with Gasteiger partial charge in [0, 0.05) is 34.4 Å². The summed E-state index contributed by atoms with van der Waals surface area (Å²) in [6.07, 6.45) is -6.62. The van der Waals surface area contributed by atoms with Crippen LogP contribution in [0.25, 0.3) is 5.69 Å². The molecule has 5 rings (SSSR count). The highest BCUT2D eigenvalue weighted by molar-refractivity contribution is 7.09. The first-order valence-electron chi connectivity index (χ1n) is 11.9. The van der Waals surface area contributed by atoms with Crippen molar-refractivity contribution < 1.29 is 37.3 Å². The molecule has 1 aliphatic rings. The van der Waals surface area contributed by atoms with Gasteiger partial charge < -0.3 is 19.3 Å². The van der Waals surface area contributed by atoms with Crippen LogP contribution in [-0.4, -0.2) is 45.0 Å². The molecule has 0 saturated carbocycles. The van der Waals surface area contributed by atoms with Gasteiger partial charge in [-0.05, 0) is 24.3 Å². The number of hydrogen-bond donors (Lipinski definition) is 1. The van der Waals surface area contributed by atoms with Crippen LogP contribution in [0.15, 0.2) is 41.8 Å². The molecule has 0 amide bonds. The molecular weight excluding hydrogens is 573 g/mol. The molecule has 2 aromatic carbocycles. The van der Waals surface area contributed by atoms with Crippen molar-refractivity contribution in [1.82, 2.24) is 19.7 Å². The zero-order chi connectivity index (χ0) is 28.6. The number of hydrogen-bond acceptors (Lipinski definition) is 8. The quantitative estimate of drug-likeness (QED) is 0.271. The summed E-state index contributed by atoms with van der Waals surface area (Å²) in [6, 6.07) is 9.65. The van der Waals surface area contributed by atoms with E-state index in [-0.39, 0.29) is 30.8 Å². The maximum absolute atomic E-state index is 14.2. The molecule has 0 radical (unpaired) electrons. The molecule has 9 nitrogen and oxygen atoms in total. The van der Waals surface area contributed by atoms with Gasteiger partial charge in [0.25, 0.3) is 0 Å². The number of carbonyl (C=O) groups is 1. The number of rotatable bonds is 8. The minimum atomic E-state index is -4.81. The highest BCUT2D eigenvalue weighted by Crippen LogP contribution is 2.47. The van der Waals surface area contributed by atoms with Crippen LogP contribution >= 0.6 is 22.9 Å². The molecular formula is C26H22ClF3N4O5S. The number of carboxylic acids is 1. The normalized spacial score (nSPS) is 16.6. The highest BCUT2D eigenvalue weighted by Gasteiger charge is 2.43. The average molecular weight is 595 g/mol. The van der Waals surface area contributed by atoms with Crippen molar-refractivity contribution in [2.45, 2.75) is 37.6 Å². The van der Waals surface area contributed by atoms with Crippen molar-refractivity contribution in [1.29, 1.82) is 0 Å². The summed E-state index contributed by atoms with van der Waals surface area (Å²) >= 11 is 7.60. The third-order valence-corrected chi connectivity index (χ3v) is 7.47. The number of nitrogens with zero attached hydrogens (tertiary/aromatic N) is 4. The average Bonchev–Trinajstić information content (AvgIpc) is 3.54. The van der Waals surface area contributed by atoms with Crippen LogP contribution in [-0.2, 0) is 28.5 Å². The number of methoxy groups -OCH3 is 2. The fourth-order valence-corrected chi connectivity index (χ4v) is 5.65. The summed E-state index contributed by atoms with van der Waals surface area (Å²) in [4.78, 5) is 15.5. The van der Waals surface area contributed by atoms with E-state index >= 15 is 0 Å². The number of fused-ring (bicyclic) bond motifs is 3. The standard InChI is InChI=1S/C26H22ClF3N4O5S/c1-37-18-5-3-4-15(23(18)38-2)22-16-10-13(27)6-8-17(16)34-24(32-33-25(34)26(28,29)30)19(39-22)11-20-31-14(12-40-20)7-9-21(35)36/h3-6,8,10,12,19,22H,7,9,11H2,1-2H3,(H,35,36)/t19-,22-/m1/s1. The van der Waals surface area contributed by atoms with Gasteiger partial charge in [-0.2, -0.15) is 13.2 Å². The van der Waals surface area contributed by atoms with E-state index in [2.05, 4.69) is 15.2 Å². The van der Waals surface area contributed by atoms with E-state index in [0.717, 1.165) is 4.57 Å². The number of alkyl halides is 3. The molecule has 2 atom stereocenters. The lowest BCUT2D eigenvalue weighted by atomic mass is 9.98. The van der Waals surface area contributed by atoms with Crippen LogP contribution < -0.4 is 9.47 Å². The second-order valence-electron chi connectivity index (χ2n) is 8.84. The Bertz CT molecular complexity index is 1560. The number of thiazole rings is 1. The number of para-hydroxylation sites is 1. The number of aryl methyl sites for hydroxylation is 1. The number of halogens is 4. The van der Waals surface area contributed by atoms with E-state index in [1.165, 1.54) is 37.7 Å². The zero-order valence-corrected chi connectivity index (χ0v) is 22.7. The molecule has 1 N–H and O–H groups in total. The third kappa shape index (κ3) is 5.36. The van der Waals surface area contributed by atoms with E-state index in [1.807, 2.05) is 0 Å². The van der Waals surface area contributed by atoms with Crippen molar-refractivity contribution in [3.05, 3.63) is 80.3 Å². The minimum Gasteiger partial charge on any atom is -0.493 e. The monoisotopic (exact) mass is 594 g/mol. The molecule has 0 bridgehead atoms. The molecule has 1 aliphatic heterocycles. The Morgan fingerprint density at radius 3 is 2.67 bits per heavy atom. The number of aromatic nitrogens is 4. The van der Waals surface area contributed by atoms with Crippen LogP contribution in [0.2, 0.25) is 5.02 Å². The van der Waals surface area contributed by atoms with Gasteiger partial charge in [-0.15, -0.1) is 21.5 Å². The Balaban J connectivity index is 1.68. The summed E-state index contributed by atoms with van der Waals surface area (Å²) in [5.41, 5.74) is 1.56. The van der Waals surface area contributed by atoms with E-state index in [9.17, 15) is 18.0 Å². The summed E-state index contributed by atoms with van der Waals surface area (Å²) in [5, 5.41) is 19.0. The minimum absolute atomic E-state index is 0.0538. The molecule has 40 heavy (non-hydrogen) atoms. The largest absolute Gasteiger partial charge is 0.493 e. The fourth-order valence-electron chi connectivity index (χ4n) is 4.61. The summed E-state index contributed by atoms with van der Waals surface area (Å²) in [7, 11) is 2.93. The smallest absolute Gasteiger partial charge is 0.452 e. The first-order valence-corrected chi connectivity index (χ1v) is 13.2. The number of benzene rings is 2. The summed E-state index contributed by atoms with van der Waals surface area (Å²) in [5.74, 6) is -1.48. The summed E-state index contributed by atoms with van der Waals surface area (Å²) in [6.45, 7) is 0. The van der Waals surface area contributed by atoms with Gasteiger partial charge >= 0.3 is 12.1 Å². The molecule has 0 fully saturated rings. The predicted molar refractivity (Wildman–Crippen MR) is 138 cm³/mol. The molecule has 0 aliphatic carbocycles. The molecule has 0 spiro atoms. The Morgan fingerprint density at radius 2 is 1.98 bits per heavy atom. The maximum atomic E-state index is 14.2. The maximum Gasteiger partial charge on any atom is 0.452 e. The van der Waals surface area contributed by atoms with Gasteiger partial charge in [0.2, 0.25) is 5.82 Å². The number of carboxylic acid groups (broad SMARTS) is 1. The Hall–Kier alpha value is -3.68. The van der Waals surface area contributed by atoms with Crippen LogP contribution in [0, 0.1) is 0 Å². The van der Waals surface area contributed by atoms with Crippen molar-refractivity contribution in [2.24, 2.45) is 0 Å². The van der Waals surface area contributed by atoms with Gasteiger partial charge in [0.05, 0.1) is 37.0 Å². The van der Waals surface area contributed by atoms with Crippen LogP contribution in [0.3, 0.4) is 0 Å². The first kappa shape index (κ1) is 27.9. The Kier molecular flexibility index (Phi) is 7.71. The van der Waals surface area contributed by atoms with Crippen LogP contribution in [0.4, 0.5) is 13.2 Å². The van der Waals surface area contributed by atoms with Gasteiger partial charge in [0.15, 0.2) is 17.3 Å². The van der Waals surface area contributed by atoms with Crippen LogP contribution in [0.5, 0.6) is 11.5 Å². The molecule has 14 heteroatoms. The lowest BCUT2D eigenvalue weighted by Crippen LogP contribution is -2.17. The van der Waals surface area contributed by atoms with Crippen molar-refractivity contribution >= 4 is 28.9 Å². The van der Waals surface area contributed by atoms with Gasteiger partial charge in [-0.25, -0.2) is 4.98 Å². The molecule has 2 aromatic heterocycles. The topological polar surface area (TPSA) is 109 Å². The molecule has 210 valence electrons. The van der Waals surface area contributed by atoms with Crippen molar-refractivity contribution in [3.8, 4) is 17.2 Å². The van der Waals surface area contributed by atoms with Crippen molar-refractivity contribution in [3.63, 3.8) is 0 Å². The number of ether oxygens (including phenoxy) is 3. The van der Waals surface area contributed by atoms with Gasteiger partial charge in [0.1, 0.15) is 12.2 Å². The van der Waals surface area contributed by atoms with Gasteiger partial charge in [-0.3, -0.25) is 9.36 Å². The van der Waals surface area contributed by atoms with Gasteiger partial charge in [-0.1, -0.05) is 23.7 Å². The second kappa shape index (κ2) is 11.1. The van der Waals surface area contributed by atoms with Crippen molar-refractivity contribution in [2.75, 3.05) is 14.2 Å².